The Bertz CT molecular complexity index is 915. The number of rotatable bonds is 5. The van der Waals surface area contributed by atoms with Crippen molar-refractivity contribution in [1.29, 1.82) is 0 Å². The molecule has 150 valence electrons. The first-order valence-corrected chi connectivity index (χ1v) is 10.1. The van der Waals surface area contributed by atoms with Gasteiger partial charge in [0.15, 0.2) is 5.96 Å². The van der Waals surface area contributed by atoms with Crippen molar-refractivity contribution >= 4 is 5.96 Å². The van der Waals surface area contributed by atoms with Gasteiger partial charge in [0.25, 0.3) is 0 Å². The Morgan fingerprint density at radius 2 is 1.83 bits per heavy atom. The third-order valence-electron chi connectivity index (χ3n) is 5.18. The number of nitrogens with zero attached hydrogens (tertiary/aromatic N) is 4. The number of likely N-dealkylation sites (tertiary alicyclic amines) is 1. The number of ether oxygens (including phenoxy) is 1. The van der Waals surface area contributed by atoms with E-state index >= 15 is 0 Å². The van der Waals surface area contributed by atoms with Crippen molar-refractivity contribution in [1.82, 2.24) is 20.0 Å². The van der Waals surface area contributed by atoms with E-state index in [9.17, 15) is 0 Å². The summed E-state index contributed by atoms with van der Waals surface area (Å²) in [5.41, 5.74) is 2.26. The molecule has 1 saturated heterocycles. The van der Waals surface area contributed by atoms with E-state index in [4.69, 9.17) is 4.74 Å². The van der Waals surface area contributed by atoms with Crippen molar-refractivity contribution in [3.8, 4) is 11.4 Å². The molecule has 6 heteroatoms. The SMILES string of the molecule is CN=C(NCc1ccccc1-n1cccn1)N1CCC(Oc2ccccc2)CC1. The number of benzene rings is 2. The number of guanidine groups is 1. The second-order valence-electron chi connectivity index (χ2n) is 7.10. The monoisotopic (exact) mass is 389 g/mol. The first kappa shape index (κ1) is 19.1. The van der Waals surface area contributed by atoms with Gasteiger partial charge in [0.2, 0.25) is 0 Å². The maximum Gasteiger partial charge on any atom is 0.193 e. The summed E-state index contributed by atoms with van der Waals surface area (Å²) in [7, 11) is 1.84. The molecule has 4 rings (SSSR count). The summed E-state index contributed by atoms with van der Waals surface area (Å²) in [5, 5.41) is 7.88. The van der Waals surface area contributed by atoms with E-state index in [1.54, 1.807) is 6.20 Å². The highest BCUT2D eigenvalue weighted by molar-refractivity contribution is 5.80. The van der Waals surface area contributed by atoms with Crippen molar-refractivity contribution in [2.75, 3.05) is 20.1 Å². The molecule has 3 aromatic rings. The first-order chi connectivity index (χ1) is 14.3. The second kappa shape index (κ2) is 9.28. The van der Waals surface area contributed by atoms with Crippen molar-refractivity contribution in [2.45, 2.75) is 25.5 Å². The summed E-state index contributed by atoms with van der Waals surface area (Å²) in [6.07, 6.45) is 5.99. The van der Waals surface area contributed by atoms with Crippen LogP contribution >= 0.6 is 0 Å². The summed E-state index contributed by atoms with van der Waals surface area (Å²) in [5.74, 6) is 1.88. The molecule has 0 amide bonds. The van der Waals surface area contributed by atoms with Crippen LogP contribution in [-0.2, 0) is 6.54 Å². The maximum absolute atomic E-state index is 6.11. The number of aliphatic imine (C=N–C) groups is 1. The number of hydrogen-bond acceptors (Lipinski definition) is 3. The summed E-state index contributed by atoms with van der Waals surface area (Å²) in [6, 6.07) is 20.3. The van der Waals surface area contributed by atoms with Crippen LogP contribution in [0.1, 0.15) is 18.4 Å². The maximum atomic E-state index is 6.11. The molecule has 0 radical (unpaired) electrons. The molecule has 0 saturated carbocycles. The van der Waals surface area contributed by atoms with E-state index < -0.39 is 0 Å². The lowest BCUT2D eigenvalue weighted by Crippen LogP contribution is -2.47. The lowest BCUT2D eigenvalue weighted by Gasteiger charge is -2.34. The van der Waals surface area contributed by atoms with E-state index in [2.05, 4.69) is 38.5 Å². The van der Waals surface area contributed by atoms with Gasteiger partial charge in [-0.25, -0.2) is 4.68 Å². The lowest BCUT2D eigenvalue weighted by atomic mass is 10.1. The molecule has 0 atom stereocenters. The van der Waals surface area contributed by atoms with Gasteiger partial charge in [-0.2, -0.15) is 5.10 Å². The van der Waals surface area contributed by atoms with Crippen LogP contribution < -0.4 is 10.1 Å². The third kappa shape index (κ3) is 4.77. The Morgan fingerprint density at radius 1 is 1.07 bits per heavy atom. The molecular formula is C23H27N5O. The van der Waals surface area contributed by atoms with Crippen LogP contribution in [0, 0.1) is 0 Å². The van der Waals surface area contributed by atoms with Crippen molar-refractivity contribution in [2.24, 2.45) is 4.99 Å². The Labute approximate surface area is 171 Å². The molecular weight excluding hydrogens is 362 g/mol. The van der Waals surface area contributed by atoms with Crippen LogP contribution in [0.5, 0.6) is 5.75 Å². The van der Waals surface area contributed by atoms with E-state index in [1.165, 1.54) is 5.56 Å². The zero-order valence-corrected chi connectivity index (χ0v) is 16.7. The minimum atomic E-state index is 0.257. The highest BCUT2D eigenvalue weighted by Crippen LogP contribution is 2.19. The Balaban J connectivity index is 1.33. The van der Waals surface area contributed by atoms with Crippen LogP contribution in [-0.4, -0.2) is 46.9 Å². The Hall–Kier alpha value is -3.28. The predicted octanol–water partition coefficient (Wildman–Crippen LogP) is 3.49. The predicted molar refractivity (Wildman–Crippen MR) is 115 cm³/mol. The van der Waals surface area contributed by atoms with Gasteiger partial charge in [-0.3, -0.25) is 4.99 Å². The third-order valence-corrected chi connectivity index (χ3v) is 5.18. The van der Waals surface area contributed by atoms with Crippen LogP contribution in [0.3, 0.4) is 0 Å². The zero-order chi connectivity index (χ0) is 19.9. The molecule has 0 bridgehead atoms. The largest absolute Gasteiger partial charge is 0.490 e. The van der Waals surface area contributed by atoms with Gasteiger partial charge >= 0.3 is 0 Å². The number of aromatic nitrogens is 2. The topological polar surface area (TPSA) is 54.7 Å². The number of piperidine rings is 1. The molecule has 0 aliphatic carbocycles. The van der Waals surface area contributed by atoms with E-state index in [1.807, 2.05) is 60.4 Å². The normalized spacial score (nSPS) is 15.3. The Kier molecular flexibility index (Phi) is 6.10. The smallest absolute Gasteiger partial charge is 0.193 e. The summed E-state index contributed by atoms with van der Waals surface area (Å²) in [6.45, 7) is 2.55. The fourth-order valence-corrected chi connectivity index (χ4v) is 3.68. The highest BCUT2D eigenvalue weighted by atomic mass is 16.5. The molecule has 1 fully saturated rings. The average Bonchev–Trinajstić information content (AvgIpc) is 3.31. The minimum Gasteiger partial charge on any atom is -0.490 e. The molecule has 2 aromatic carbocycles. The van der Waals surface area contributed by atoms with Gasteiger partial charge in [-0.15, -0.1) is 0 Å². The Morgan fingerprint density at radius 3 is 2.55 bits per heavy atom. The molecule has 0 spiro atoms. The van der Waals surface area contributed by atoms with Gasteiger partial charge in [0.1, 0.15) is 11.9 Å². The van der Waals surface area contributed by atoms with E-state index in [-0.39, 0.29) is 6.10 Å². The lowest BCUT2D eigenvalue weighted by molar-refractivity contribution is 0.129. The molecule has 29 heavy (non-hydrogen) atoms. The number of nitrogens with one attached hydrogen (secondary N) is 1. The van der Waals surface area contributed by atoms with Gasteiger partial charge in [-0.1, -0.05) is 36.4 Å². The second-order valence-corrected chi connectivity index (χ2v) is 7.10. The fourth-order valence-electron chi connectivity index (χ4n) is 3.68. The van der Waals surface area contributed by atoms with Crippen LogP contribution in [0.15, 0.2) is 78.0 Å². The van der Waals surface area contributed by atoms with Crippen LogP contribution in [0.4, 0.5) is 0 Å². The van der Waals surface area contributed by atoms with Crippen molar-refractivity contribution in [3.63, 3.8) is 0 Å². The highest BCUT2D eigenvalue weighted by Gasteiger charge is 2.22. The van der Waals surface area contributed by atoms with E-state index in [0.717, 1.165) is 43.3 Å². The fraction of sp³-hybridized carbons (Fsp3) is 0.304. The van der Waals surface area contributed by atoms with Crippen molar-refractivity contribution in [3.05, 3.63) is 78.6 Å². The molecule has 6 nitrogen and oxygen atoms in total. The molecule has 1 aliphatic rings. The molecule has 2 heterocycles. The summed E-state index contributed by atoms with van der Waals surface area (Å²) >= 11 is 0. The standard InChI is InChI=1S/C23H27N5O/c1-24-23(25-18-19-8-5-6-11-22(19)28-15-7-14-26-28)27-16-12-21(13-17-27)29-20-9-3-2-4-10-20/h2-11,14-15,21H,12-13,16-18H2,1H3,(H,24,25). The number of para-hydroxylation sites is 2. The van der Waals surface area contributed by atoms with Crippen molar-refractivity contribution < 1.29 is 4.74 Å². The molecule has 1 aromatic heterocycles. The van der Waals surface area contributed by atoms with Gasteiger partial charge in [-0.05, 0) is 29.8 Å². The quantitative estimate of drug-likeness (QED) is 0.536. The van der Waals surface area contributed by atoms with E-state index in [0.29, 0.717) is 6.54 Å². The number of hydrogen-bond donors (Lipinski definition) is 1. The van der Waals surface area contributed by atoms with Crippen LogP contribution in [0.2, 0.25) is 0 Å². The minimum absolute atomic E-state index is 0.257. The summed E-state index contributed by atoms with van der Waals surface area (Å²) < 4.78 is 8.00. The van der Waals surface area contributed by atoms with Gasteiger partial charge < -0.3 is 15.0 Å². The van der Waals surface area contributed by atoms with Gasteiger partial charge in [0.05, 0.1) is 5.69 Å². The van der Waals surface area contributed by atoms with Crippen LogP contribution in [0.25, 0.3) is 5.69 Å². The summed E-state index contributed by atoms with van der Waals surface area (Å²) in [4.78, 5) is 6.80. The molecule has 0 unspecified atom stereocenters. The first-order valence-electron chi connectivity index (χ1n) is 10.1. The molecule has 1 aliphatic heterocycles. The van der Waals surface area contributed by atoms with Gasteiger partial charge in [0, 0.05) is 51.9 Å². The zero-order valence-electron chi connectivity index (χ0n) is 16.7. The molecule has 1 N–H and O–H groups in total. The average molecular weight is 390 g/mol.